The molecule has 1 aromatic heterocycles. The molecule has 0 spiro atoms. The molecule has 4 heteroatoms. The first-order valence-electron chi connectivity index (χ1n) is 7.50. The van der Waals surface area contributed by atoms with Crippen LogP contribution in [0.15, 0.2) is 18.2 Å². The summed E-state index contributed by atoms with van der Waals surface area (Å²) in [6.45, 7) is 11.6. The SMILES string of the molecule is COC(C)(C)CCNc1ccc2nc(C(C)(C)C)[nH]c2c1. The first-order valence-corrected chi connectivity index (χ1v) is 7.50. The fraction of sp³-hybridized carbons (Fsp3) is 0.588. The Hall–Kier alpha value is -1.55. The Morgan fingerprint density at radius 3 is 2.52 bits per heavy atom. The summed E-state index contributed by atoms with van der Waals surface area (Å²) in [5, 5.41) is 3.45. The lowest BCUT2D eigenvalue weighted by Gasteiger charge is -2.23. The number of anilines is 1. The molecule has 0 radical (unpaired) electrons. The maximum absolute atomic E-state index is 5.43. The standard InChI is InChI=1S/C17H27N3O/c1-16(2,3)15-19-13-8-7-12(11-14(13)20-15)18-10-9-17(4,5)21-6/h7-8,11,18H,9-10H2,1-6H3,(H,19,20). The second-order valence-corrected chi connectivity index (χ2v) is 7.21. The smallest absolute Gasteiger partial charge is 0.112 e. The van der Waals surface area contributed by atoms with Crippen LogP contribution in [0.1, 0.15) is 46.9 Å². The predicted molar refractivity (Wildman–Crippen MR) is 89.0 cm³/mol. The van der Waals surface area contributed by atoms with E-state index in [0.29, 0.717) is 0 Å². The third-order valence-electron chi connectivity index (χ3n) is 3.80. The van der Waals surface area contributed by atoms with Crippen molar-refractivity contribution in [1.82, 2.24) is 9.97 Å². The van der Waals surface area contributed by atoms with Gasteiger partial charge in [0.1, 0.15) is 5.82 Å². The van der Waals surface area contributed by atoms with Gasteiger partial charge in [-0.1, -0.05) is 20.8 Å². The number of aromatic nitrogens is 2. The lowest BCUT2D eigenvalue weighted by Crippen LogP contribution is -2.25. The molecule has 0 amide bonds. The molecule has 0 bridgehead atoms. The van der Waals surface area contributed by atoms with E-state index in [1.807, 2.05) is 0 Å². The topological polar surface area (TPSA) is 49.9 Å². The second kappa shape index (κ2) is 5.68. The van der Waals surface area contributed by atoms with Crippen molar-refractivity contribution in [1.29, 1.82) is 0 Å². The number of nitrogens with one attached hydrogen (secondary N) is 2. The summed E-state index contributed by atoms with van der Waals surface area (Å²) in [5.41, 5.74) is 3.15. The molecule has 2 aromatic rings. The molecule has 2 N–H and O–H groups in total. The van der Waals surface area contributed by atoms with Crippen LogP contribution in [-0.4, -0.2) is 29.2 Å². The van der Waals surface area contributed by atoms with Crippen molar-refractivity contribution in [2.45, 2.75) is 52.1 Å². The van der Waals surface area contributed by atoms with Gasteiger partial charge in [-0.3, -0.25) is 0 Å². The van der Waals surface area contributed by atoms with E-state index in [4.69, 9.17) is 4.74 Å². The van der Waals surface area contributed by atoms with E-state index in [1.165, 1.54) is 0 Å². The number of hydrogen-bond acceptors (Lipinski definition) is 3. The van der Waals surface area contributed by atoms with Crippen LogP contribution in [0.25, 0.3) is 11.0 Å². The summed E-state index contributed by atoms with van der Waals surface area (Å²) in [5.74, 6) is 1.02. The molecular formula is C17H27N3O. The van der Waals surface area contributed by atoms with E-state index >= 15 is 0 Å². The van der Waals surface area contributed by atoms with E-state index in [2.05, 4.69) is 68.1 Å². The highest BCUT2D eigenvalue weighted by Crippen LogP contribution is 2.24. The molecule has 0 atom stereocenters. The summed E-state index contributed by atoms with van der Waals surface area (Å²) in [6.07, 6.45) is 0.956. The highest BCUT2D eigenvalue weighted by atomic mass is 16.5. The van der Waals surface area contributed by atoms with Crippen LogP contribution in [0.5, 0.6) is 0 Å². The van der Waals surface area contributed by atoms with Crippen LogP contribution in [0.2, 0.25) is 0 Å². The minimum absolute atomic E-state index is 0.0368. The Morgan fingerprint density at radius 1 is 1.19 bits per heavy atom. The fourth-order valence-corrected chi connectivity index (χ4v) is 2.08. The van der Waals surface area contributed by atoms with Gasteiger partial charge >= 0.3 is 0 Å². The minimum atomic E-state index is -0.0928. The zero-order chi connectivity index (χ0) is 15.7. The molecule has 1 aromatic carbocycles. The predicted octanol–water partition coefficient (Wildman–Crippen LogP) is 4.09. The van der Waals surface area contributed by atoms with Crippen molar-refractivity contribution in [2.75, 3.05) is 19.0 Å². The third kappa shape index (κ3) is 3.97. The third-order valence-corrected chi connectivity index (χ3v) is 3.80. The Balaban J connectivity index is 2.09. The average molecular weight is 289 g/mol. The maximum atomic E-state index is 5.43. The van der Waals surface area contributed by atoms with Gasteiger partial charge in [0, 0.05) is 24.8 Å². The van der Waals surface area contributed by atoms with Crippen LogP contribution in [-0.2, 0) is 10.2 Å². The van der Waals surface area contributed by atoms with Crippen molar-refractivity contribution >= 4 is 16.7 Å². The molecule has 0 saturated heterocycles. The van der Waals surface area contributed by atoms with Gasteiger partial charge in [-0.2, -0.15) is 0 Å². The number of H-pyrrole nitrogens is 1. The number of imidazole rings is 1. The number of benzene rings is 1. The number of nitrogens with zero attached hydrogens (tertiary/aromatic N) is 1. The normalized spacial score (nSPS) is 12.9. The van der Waals surface area contributed by atoms with Gasteiger partial charge in [-0.25, -0.2) is 4.98 Å². The monoisotopic (exact) mass is 289 g/mol. The van der Waals surface area contributed by atoms with Crippen molar-refractivity contribution in [2.24, 2.45) is 0 Å². The number of rotatable bonds is 5. The Labute approximate surface area is 127 Å². The summed E-state index contributed by atoms with van der Waals surface area (Å²) >= 11 is 0. The van der Waals surface area contributed by atoms with Crippen molar-refractivity contribution < 1.29 is 4.74 Å². The van der Waals surface area contributed by atoms with Gasteiger partial charge in [0.2, 0.25) is 0 Å². The van der Waals surface area contributed by atoms with E-state index in [9.17, 15) is 0 Å². The summed E-state index contributed by atoms with van der Waals surface area (Å²) in [6, 6.07) is 6.26. The van der Waals surface area contributed by atoms with Crippen molar-refractivity contribution in [3.05, 3.63) is 24.0 Å². The molecule has 21 heavy (non-hydrogen) atoms. The molecule has 0 fully saturated rings. The van der Waals surface area contributed by atoms with E-state index < -0.39 is 0 Å². The molecule has 0 saturated carbocycles. The number of methoxy groups -OCH3 is 1. The molecule has 2 rings (SSSR count). The molecule has 0 unspecified atom stereocenters. The van der Waals surface area contributed by atoms with E-state index in [0.717, 1.165) is 35.5 Å². The average Bonchev–Trinajstić information content (AvgIpc) is 2.81. The number of aromatic amines is 1. The summed E-state index contributed by atoms with van der Waals surface area (Å²) < 4.78 is 5.43. The Kier molecular flexibility index (Phi) is 4.28. The van der Waals surface area contributed by atoms with Crippen LogP contribution in [0.4, 0.5) is 5.69 Å². The van der Waals surface area contributed by atoms with E-state index in [-0.39, 0.29) is 11.0 Å². The van der Waals surface area contributed by atoms with Gasteiger partial charge < -0.3 is 15.0 Å². The van der Waals surface area contributed by atoms with Gasteiger partial charge in [-0.15, -0.1) is 0 Å². The zero-order valence-corrected chi connectivity index (χ0v) is 14.0. The van der Waals surface area contributed by atoms with Crippen LogP contribution < -0.4 is 5.32 Å². The Morgan fingerprint density at radius 2 is 1.90 bits per heavy atom. The molecule has 4 nitrogen and oxygen atoms in total. The fourth-order valence-electron chi connectivity index (χ4n) is 2.08. The number of fused-ring (bicyclic) bond motifs is 1. The first kappa shape index (κ1) is 15.8. The molecule has 1 heterocycles. The van der Waals surface area contributed by atoms with Gasteiger partial charge in [0.25, 0.3) is 0 Å². The molecule has 0 aliphatic heterocycles. The van der Waals surface area contributed by atoms with Gasteiger partial charge in [-0.05, 0) is 38.5 Å². The largest absolute Gasteiger partial charge is 0.385 e. The van der Waals surface area contributed by atoms with Crippen LogP contribution >= 0.6 is 0 Å². The summed E-state index contributed by atoms with van der Waals surface area (Å²) in [4.78, 5) is 8.07. The number of hydrogen-bond donors (Lipinski definition) is 2. The summed E-state index contributed by atoms with van der Waals surface area (Å²) in [7, 11) is 1.75. The minimum Gasteiger partial charge on any atom is -0.385 e. The van der Waals surface area contributed by atoms with Crippen molar-refractivity contribution in [3.8, 4) is 0 Å². The first-order chi connectivity index (χ1) is 9.71. The van der Waals surface area contributed by atoms with Crippen molar-refractivity contribution in [3.63, 3.8) is 0 Å². The number of ether oxygens (including phenoxy) is 1. The van der Waals surface area contributed by atoms with Crippen LogP contribution in [0.3, 0.4) is 0 Å². The van der Waals surface area contributed by atoms with Gasteiger partial charge in [0.15, 0.2) is 0 Å². The quantitative estimate of drug-likeness (QED) is 0.871. The Bertz CT molecular complexity index is 608. The molecule has 0 aliphatic rings. The molecule has 0 aliphatic carbocycles. The lowest BCUT2D eigenvalue weighted by molar-refractivity contribution is 0.0185. The highest BCUT2D eigenvalue weighted by Gasteiger charge is 2.18. The molecule has 116 valence electrons. The maximum Gasteiger partial charge on any atom is 0.112 e. The second-order valence-electron chi connectivity index (χ2n) is 7.21. The van der Waals surface area contributed by atoms with E-state index in [1.54, 1.807) is 7.11 Å². The zero-order valence-electron chi connectivity index (χ0n) is 14.0. The highest BCUT2D eigenvalue weighted by molar-refractivity contribution is 5.79. The van der Waals surface area contributed by atoms with Gasteiger partial charge in [0.05, 0.1) is 16.6 Å². The lowest BCUT2D eigenvalue weighted by atomic mass is 9.96. The molecular weight excluding hydrogens is 262 g/mol. The van der Waals surface area contributed by atoms with Crippen LogP contribution in [0, 0.1) is 0 Å².